The molecule has 2 aromatic heterocycles. The lowest BCUT2D eigenvalue weighted by Crippen LogP contribution is -2.24. The molecule has 3 aromatic rings. The molecule has 0 radical (unpaired) electrons. The van der Waals surface area contributed by atoms with Gasteiger partial charge in [-0.2, -0.15) is 0 Å². The lowest BCUT2D eigenvalue weighted by Gasteiger charge is -2.18. The molecule has 31 heavy (non-hydrogen) atoms. The van der Waals surface area contributed by atoms with Gasteiger partial charge in [-0.3, -0.25) is 4.79 Å². The summed E-state index contributed by atoms with van der Waals surface area (Å²) >= 11 is 13.4. The number of rotatable bonds is 7. The minimum Gasteiger partial charge on any atom is -0.376 e. The molecule has 2 atom stereocenters. The number of aromatic nitrogens is 3. The maximum Gasteiger partial charge on any atom is 0.238 e. The van der Waals surface area contributed by atoms with Gasteiger partial charge in [-0.25, -0.2) is 9.97 Å². The summed E-state index contributed by atoms with van der Waals surface area (Å²) in [6, 6.07) is 11.7. The summed E-state index contributed by atoms with van der Waals surface area (Å²) in [6.45, 7) is 3.32. The molecule has 0 saturated carbocycles. The quantitative estimate of drug-likeness (QED) is 0.452. The van der Waals surface area contributed by atoms with E-state index in [4.69, 9.17) is 27.9 Å². The second-order valence-electron chi connectivity index (χ2n) is 7.27. The summed E-state index contributed by atoms with van der Waals surface area (Å²) in [5.74, 6) is 0.0749. The third-order valence-electron chi connectivity index (χ3n) is 5.00. The number of anilines is 1. The van der Waals surface area contributed by atoms with Gasteiger partial charge in [0.2, 0.25) is 5.91 Å². The van der Waals surface area contributed by atoms with E-state index in [0.717, 1.165) is 35.9 Å². The summed E-state index contributed by atoms with van der Waals surface area (Å²) in [7, 11) is 0. The van der Waals surface area contributed by atoms with E-state index in [2.05, 4.69) is 32.0 Å². The largest absolute Gasteiger partial charge is 0.376 e. The monoisotopic (exact) mass is 476 g/mol. The fraction of sp³-hybridized carbons (Fsp3) is 0.318. The Balaban J connectivity index is 1.53. The summed E-state index contributed by atoms with van der Waals surface area (Å²) in [4.78, 5) is 21.5. The molecule has 0 aliphatic carbocycles. The molecule has 1 saturated heterocycles. The number of nitrogens with zero attached hydrogens (tertiary/aromatic N) is 3. The molecule has 1 amide bonds. The van der Waals surface area contributed by atoms with E-state index in [-0.39, 0.29) is 17.8 Å². The van der Waals surface area contributed by atoms with Crippen molar-refractivity contribution in [3.8, 4) is 11.3 Å². The SMILES string of the molecule is CC(Sc1ncc(-c2ccccc2)n1CC1CCCO1)C(=O)Nc1ncc(Cl)cc1Cl. The zero-order chi connectivity index (χ0) is 21.8. The average Bonchev–Trinajstić information content (AvgIpc) is 3.41. The number of hydrogen-bond acceptors (Lipinski definition) is 5. The molecule has 3 heterocycles. The molecule has 4 rings (SSSR count). The van der Waals surface area contributed by atoms with E-state index in [9.17, 15) is 4.79 Å². The summed E-state index contributed by atoms with van der Waals surface area (Å²) in [6.07, 6.45) is 5.54. The van der Waals surface area contributed by atoms with E-state index < -0.39 is 5.25 Å². The number of amides is 1. The standard InChI is InChI=1S/C22H22Cl2N4O2S/c1-14(21(29)27-20-18(24)10-16(23)11-25-20)31-22-26-12-19(15-6-3-2-4-7-15)28(22)13-17-8-5-9-30-17/h2-4,6-7,10-12,14,17H,5,8-9,13H2,1H3,(H,25,27,29). The number of imidazole rings is 1. The number of pyridine rings is 1. The van der Waals surface area contributed by atoms with Gasteiger partial charge in [-0.1, -0.05) is 65.3 Å². The van der Waals surface area contributed by atoms with Crippen LogP contribution in [0, 0.1) is 0 Å². The minimum atomic E-state index is -0.414. The number of ether oxygens (including phenoxy) is 1. The summed E-state index contributed by atoms with van der Waals surface area (Å²) in [5.41, 5.74) is 2.09. The first kappa shape index (κ1) is 22.1. The van der Waals surface area contributed by atoms with Crippen molar-refractivity contribution in [2.45, 2.75) is 42.8 Å². The van der Waals surface area contributed by atoms with Gasteiger partial charge >= 0.3 is 0 Å². The highest BCUT2D eigenvalue weighted by molar-refractivity contribution is 8.00. The Kier molecular flexibility index (Phi) is 7.17. The van der Waals surface area contributed by atoms with Gasteiger partial charge in [0.05, 0.1) is 39.8 Å². The molecule has 1 fully saturated rings. The first-order chi connectivity index (χ1) is 15.0. The first-order valence-corrected chi connectivity index (χ1v) is 11.7. The molecule has 0 bridgehead atoms. The second kappa shape index (κ2) is 10.0. The Labute approximate surface area is 195 Å². The van der Waals surface area contributed by atoms with Crippen molar-refractivity contribution in [2.75, 3.05) is 11.9 Å². The Morgan fingerprint density at radius 3 is 2.81 bits per heavy atom. The summed E-state index contributed by atoms with van der Waals surface area (Å²) in [5, 5.41) is 3.83. The Morgan fingerprint density at radius 2 is 2.10 bits per heavy atom. The van der Waals surface area contributed by atoms with Crippen molar-refractivity contribution in [3.63, 3.8) is 0 Å². The number of nitrogens with one attached hydrogen (secondary N) is 1. The average molecular weight is 477 g/mol. The van der Waals surface area contributed by atoms with Crippen molar-refractivity contribution < 1.29 is 9.53 Å². The predicted octanol–water partition coefficient (Wildman–Crippen LogP) is 5.55. The molecule has 2 unspecified atom stereocenters. The van der Waals surface area contributed by atoms with Crippen LogP contribution in [0.15, 0.2) is 53.9 Å². The van der Waals surface area contributed by atoms with Crippen LogP contribution in [0.5, 0.6) is 0 Å². The van der Waals surface area contributed by atoms with Crippen molar-refractivity contribution in [1.82, 2.24) is 14.5 Å². The van der Waals surface area contributed by atoms with Crippen LogP contribution in [0.3, 0.4) is 0 Å². The molecular weight excluding hydrogens is 455 g/mol. The van der Waals surface area contributed by atoms with E-state index in [1.807, 2.05) is 31.3 Å². The van der Waals surface area contributed by atoms with Crippen LogP contribution < -0.4 is 5.32 Å². The molecule has 0 spiro atoms. The van der Waals surface area contributed by atoms with Gasteiger partial charge in [0, 0.05) is 12.8 Å². The fourth-order valence-corrected chi connectivity index (χ4v) is 4.72. The number of carbonyl (C=O) groups excluding carboxylic acids is 1. The minimum absolute atomic E-state index is 0.150. The highest BCUT2D eigenvalue weighted by Crippen LogP contribution is 2.31. The Morgan fingerprint density at radius 1 is 1.29 bits per heavy atom. The van der Waals surface area contributed by atoms with Crippen molar-refractivity contribution in [1.29, 1.82) is 0 Å². The van der Waals surface area contributed by atoms with E-state index in [1.54, 1.807) is 6.07 Å². The molecule has 9 heteroatoms. The molecule has 6 nitrogen and oxygen atoms in total. The van der Waals surface area contributed by atoms with Gasteiger partial charge < -0.3 is 14.6 Å². The molecule has 1 aliphatic rings. The lowest BCUT2D eigenvalue weighted by molar-refractivity contribution is -0.115. The Bertz CT molecular complexity index is 1050. The fourth-order valence-electron chi connectivity index (χ4n) is 3.40. The van der Waals surface area contributed by atoms with Crippen LogP contribution >= 0.6 is 35.0 Å². The van der Waals surface area contributed by atoms with Crippen molar-refractivity contribution >= 4 is 46.7 Å². The molecule has 1 aliphatic heterocycles. The zero-order valence-corrected chi connectivity index (χ0v) is 19.3. The topological polar surface area (TPSA) is 69.0 Å². The normalized spacial score (nSPS) is 16.9. The highest BCUT2D eigenvalue weighted by atomic mass is 35.5. The van der Waals surface area contributed by atoms with Gasteiger partial charge in [-0.05, 0) is 31.4 Å². The van der Waals surface area contributed by atoms with Crippen LogP contribution in [-0.2, 0) is 16.1 Å². The van der Waals surface area contributed by atoms with Crippen LogP contribution in [0.1, 0.15) is 19.8 Å². The van der Waals surface area contributed by atoms with Crippen molar-refractivity contribution in [3.05, 3.63) is 58.8 Å². The van der Waals surface area contributed by atoms with Gasteiger partial charge in [0.25, 0.3) is 0 Å². The smallest absolute Gasteiger partial charge is 0.238 e. The Hall–Kier alpha value is -2.06. The number of carbonyl (C=O) groups is 1. The van der Waals surface area contributed by atoms with E-state index in [0.29, 0.717) is 16.6 Å². The van der Waals surface area contributed by atoms with Crippen LogP contribution in [0.2, 0.25) is 10.0 Å². The maximum absolute atomic E-state index is 12.8. The van der Waals surface area contributed by atoms with E-state index in [1.165, 1.54) is 18.0 Å². The van der Waals surface area contributed by atoms with Crippen LogP contribution in [-0.4, -0.2) is 38.4 Å². The molecule has 1 aromatic carbocycles. The van der Waals surface area contributed by atoms with Crippen LogP contribution in [0.4, 0.5) is 5.82 Å². The number of thioether (sulfide) groups is 1. The molecule has 162 valence electrons. The number of benzene rings is 1. The second-order valence-corrected chi connectivity index (χ2v) is 9.42. The van der Waals surface area contributed by atoms with E-state index >= 15 is 0 Å². The predicted molar refractivity (Wildman–Crippen MR) is 125 cm³/mol. The molecule has 1 N–H and O–H groups in total. The third-order valence-corrected chi connectivity index (χ3v) is 6.60. The van der Waals surface area contributed by atoms with Crippen LogP contribution in [0.25, 0.3) is 11.3 Å². The zero-order valence-electron chi connectivity index (χ0n) is 16.9. The highest BCUT2D eigenvalue weighted by Gasteiger charge is 2.24. The van der Waals surface area contributed by atoms with Crippen molar-refractivity contribution in [2.24, 2.45) is 0 Å². The van der Waals surface area contributed by atoms with Gasteiger partial charge in [-0.15, -0.1) is 0 Å². The number of halogens is 2. The first-order valence-electron chi connectivity index (χ1n) is 10.0. The molecular formula is C22H22Cl2N4O2S. The van der Waals surface area contributed by atoms with Gasteiger partial charge in [0.15, 0.2) is 11.0 Å². The number of hydrogen-bond donors (Lipinski definition) is 1. The van der Waals surface area contributed by atoms with Gasteiger partial charge in [0.1, 0.15) is 0 Å². The maximum atomic E-state index is 12.8. The summed E-state index contributed by atoms with van der Waals surface area (Å²) < 4.78 is 8.00. The third kappa shape index (κ3) is 5.41. The lowest BCUT2D eigenvalue weighted by atomic mass is 10.1.